The van der Waals surface area contributed by atoms with E-state index in [0.29, 0.717) is 10.8 Å². The third-order valence-corrected chi connectivity index (χ3v) is 6.45. The van der Waals surface area contributed by atoms with Gasteiger partial charge < -0.3 is 9.84 Å². The second-order valence-electron chi connectivity index (χ2n) is 7.29. The number of aromatic hydroxyl groups is 1. The van der Waals surface area contributed by atoms with Gasteiger partial charge in [0.1, 0.15) is 5.82 Å². The highest BCUT2D eigenvalue weighted by Gasteiger charge is 2.34. The quantitative estimate of drug-likeness (QED) is 0.678. The van der Waals surface area contributed by atoms with Crippen molar-refractivity contribution in [2.45, 2.75) is 32.7 Å². The lowest BCUT2D eigenvalue weighted by atomic mass is 9.93. The zero-order valence-electron chi connectivity index (χ0n) is 16.3. The van der Waals surface area contributed by atoms with Crippen LogP contribution in [0.2, 0.25) is 0 Å². The summed E-state index contributed by atoms with van der Waals surface area (Å²) in [4.78, 5) is 20.1. The molecule has 3 heterocycles. The first-order valence-corrected chi connectivity index (χ1v) is 10.2. The number of benzene rings is 1. The molecule has 2 aromatic heterocycles. The summed E-state index contributed by atoms with van der Waals surface area (Å²) in [6.45, 7) is 5.38. The van der Waals surface area contributed by atoms with Gasteiger partial charge in [-0.2, -0.15) is 4.52 Å². The molecule has 4 rings (SSSR count). The predicted molar refractivity (Wildman–Crippen MR) is 107 cm³/mol. The topological polar surface area (TPSA) is 80.0 Å². The number of aromatic nitrogens is 3. The minimum Gasteiger partial charge on any atom is -0.492 e. The number of esters is 1. The zero-order valence-corrected chi connectivity index (χ0v) is 17.1. The Hall–Kier alpha value is -2.45. The first-order valence-electron chi connectivity index (χ1n) is 9.41. The molecule has 0 bridgehead atoms. The van der Waals surface area contributed by atoms with Crippen molar-refractivity contribution in [3.63, 3.8) is 0 Å². The van der Waals surface area contributed by atoms with Crippen LogP contribution in [0.5, 0.6) is 5.88 Å². The molecule has 0 amide bonds. The monoisotopic (exact) mass is 400 g/mol. The fourth-order valence-corrected chi connectivity index (χ4v) is 5.03. The summed E-state index contributed by atoms with van der Waals surface area (Å²) in [5.74, 6) is 0.585. The Morgan fingerprint density at radius 2 is 1.93 bits per heavy atom. The van der Waals surface area contributed by atoms with Gasteiger partial charge in [-0.25, -0.2) is 4.98 Å². The molecule has 1 aliphatic rings. The van der Waals surface area contributed by atoms with E-state index in [0.717, 1.165) is 36.4 Å². The Labute approximate surface area is 167 Å². The van der Waals surface area contributed by atoms with Crippen molar-refractivity contribution in [3.8, 4) is 5.88 Å². The van der Waals surface area contributed by atoms with Crippen LogP contribution in [0.1, 0.15) is 40.7 Å². The molecular weight excluding hydrogens is 376 g/mol. The Kier molecular flexibility index (Phi) is 5.07. The van der Waals surface area contributed by atoms with Crippen LogP contribution in [0.4, 0.5) is 0 Å². The summed E-state index contributed by atoms with van der Waals surface area (Å²) in [6.07, 6.45) is 1.49. The molecule has 3 aromatic rings. The van der Waals surface area contributed by atoms with E-state index >= 15 is 0 Å². The van der Waals surface area contributed by atoms with Crippen molar-refractivity contribution < 1.29 is 14.6 Å². The summed E-state index contributed by atoms with van der Waals surface area (Å²) in [6, 6.07) is 8.27. The highest BCUT2D eigenvalue weighted by molar-refractivity contribution is 7.17. The first-order chi connectivity index (χ1) is 13.5. The maximum absolute atomic E-state index is 11.9. The molecule has 1 N–H and O–H groups in total. The fraction of sp³-hybridized carbons (Fsp3) is 0.450. The van der Waals surface area contributed by atoms with E-state index in [1.54, 1.807) is 0 Å². The molecule has 0 radical (unpaired) electrons. The minimum absolute atomic E-state index is 0.0570. The van der Waals surface area contributed by atoms with E-state index in [9.17, 15) is 9.90 Å². The molecule has 1 saturated heterocycles. The van der Waals surface area contributed by atoms with Crippen molar-refractivity contribution in [2.75, 3.05) is 20.2 Å². The van der Waals surface area contributed by atoms with Crippen LogP contribution in [0.15, 0.2) is 24.3 Å². The van der Waals surface area contributed by atoms with Crippen LogP contribution >= 0.6 is 11.3 Å². The number of piperidine rings is 1. The van der Waals surface area contributed by atoms with Gasteiger partial charge in [-0.05, 0) is 45.3 Å². The summed E-state index contributed by atoms with van der Waals surface area (Å²) in [7, 11) is 1.44. The molecule has 0 saturated carbocycles. The van der Waals surface area contributed by atoms with Crippen molar-refractivity contribution in [2.24, 2.45) is 5.92 Å². The van der Waals surface area contributed by atoms with Crippen LogP contribution in [0.3, 0.4) is 0 Å². The summed E-state index contributed by atoms with van der Waals surface area (Å²) < 4.78 is 6.42. The van der Waals surface area contributed by atoms with E-state index < -0.39 is 0 Å². The smallest absolute Gasteiger partial charge is 0.308 e. The number of ether oxygens (including phenoxy) is 1. The zero-order chi connectivity index (χ0) is 19.8. The molecule has 8 heteroatoms. The molecule has 7 nitrogen and oxygen atoms in total. The lowest BCUT2D eigenvalue weighted by Gasteiger charge is -2.36. The van der Waals surface area contributed by atoms with Gasteiger partial charge in [-0.1, -0.05) is 41.2 Å². The molecule has 0 aliphatic carbocycles. The van der Waals surface area contributed by atoms with E-state index in [2.05, 4.69) is 46.2 Å². The molecule has 1 aromatic carbocycles. The van der Waals surface area contributed by atoms with Crippen molar-refractivity contribution in [1.82, 2.24) is 19.5 Å². The number of aryl methyl sites for hydroxylation is 2. The number of fused-ring (bicyclic) bond motifs is 1. The van der Waals surface area contributed by atoms with E-state index in [-0.39, 0.29) is 23.8 Å². The minimum atomic E-state index is -0.136. The second kappa shape index (κ2) is 7.52. The van der Waals surface area contributed by atoms with E-state index in [4.69, 9.17) is 4.74 Å². The van der Waals surface area contributed by atoms with Gasteiger partial charge in [0.15, 0.2) is 0 Å². The summed E-state index contributed by atoms with van der Waals surface area (Å²) >= 11 is 1.46. The van der Waals surface area contributed by atoms with Crippen LogP contribution in [0, 0.1) is 19.8 Å². The van der Waals surface area contributed by atoms with Crippen LogP contribution in [-0.4, -0.2) is 50.8 Å². The number of hydrogen-bond donors (Lipinski definition) is 1. The first kappa shape index (κ1) is 18.9. The molecular formula is C20H24N4O3S. The van der Waals surface area contributed by atoms with Crippen molar-refractivity contribution >= 4 is 22.3 Å². The van der Waals surface area contributed by atoms with Crippen LogP contribution < -0.4 is 0 Å². The summed E-state index contributed by atoms with van der Waals surface area (Å²) in [5, 5.41) is 15.2. The average molecular weight is 401 g/mol. The molecule has 1 fully saturated rings. The standard InChI is InChI=1S/C20H24N4O3S/c1-12-4-6-14(7-5-12)16(23-10-8-15(9-11-23)19(26)27-3)17-18(25)24-20(28-17)21-13(2)22-24/h4-7,15-16,25H,8-11H2,1-3H3/t16-/m0/s1. The average Bonchev–Trinajstić information content (AvgIpc) is 3.21. The van der Waals surface area contributed by atoms with E-state index in [1.807, 2.05) is 6.92 Å². The number of carbonyl (C=O) groups is 1. The maximum Gasteiger partial charge on any atom is 0.308 e. The Morgan fingerprint density at radius 1 is 1.25 bits per heavy atom. The number of likely N-dealkylation sites (tertiary alicyclic amines) is 1. The number of methoxy groups -OCH3 is 1. The Balaban J connectivity index is 1.70. The SMILES string of the molecule is COC(=O)C1CCN([C@@H](c2ccc(C)cc2)c2sc3nc(C)nn3c2O)CC1. The van der Waals surface area contributed by atoms with Gasteiger partial charge in [0.2, 0.25) is 10.8 Å². The second-order valence-corrected chi connectivity index (χ2v) is 8.30. The van der Waals surface area contributed by atoms with Gasteiger partial charge in [0, 0.05) is 0 Å². The predicted octanol–water partition coefficient (Wildman–Crippen LogP) is 3.09. The van der Waals surface area contributed by atoms with Crippen LogP contribution in [0.25, 0.3) is 4.96 Å². The highest BCUT2D eigenvalue weighted by atomic mass is 32.1. The van der Waals surface area contributed by atoms with Crippen LogP contribution in [-0.2, 0) is 9.53 Å². The van der Waals surface area contributed by atoms with E-state index in [1.165, 1.54) is 28.5 Å². The number of nitrogens with zero attached hydrogens (tertiary/aromatic N) is 4. The lowest BCUT2D eigenvalue weighted by Crippen LogP contribution is -2.39. The molecule has 148 valence electrons. The fourth-order valence-electron chi connectivity index (χ4n) is 3.86. The third-order valence-electron chi connectivity index (χ3n) is 5.38. The lowest BCUT2D eigenvalue weighted by molar-refractivity contribution is -0.147. The maximum atomic E-state index is 11.9. The van der Waals surface area contributed by atoms with Crippen molar-refractivity contribution in [3.05, 3.63) is 46.1 Å². The van der Waals surface area contributed by atoms with Gasteiger partial charge in [-0.3, -0.25) is 9.69 Å². The van der Waals surface area contributed by atoms with Gasteiger partial charge in [-0.15, -0.1) is 5.10 Å². The Bertz CT molecular complexity index is 987. The molecule has 0 unspecified atom stereocenters. The largest absolute Gasteiger partial charge is 0.492 e. The number of thiazole rings is 1. The number of hydrogen-bond acceptors (Lipinski definition) is 7. The molecule has 1 aliphatic heterocycles. The molecule has 1 atom stereocenters. The summed E-state index contributed by atoms with van der Waals surface area (Å²) in [5.41, 5.74) is 2.30. The number of rotatable bonds is 4. The highest BCUT2D eigenvalue weighted by Crippen LogP contribution is 2.41. The molecule has 0 spiro atoms. The van der Waals surface area contributed by atoms with Gasteiger partial charge >= 0.3 is 5.97 Å². The Morgan fingerprint density at radius 3 is 2.54 bits per heavy atom. The third kappa shape index (κ3) is 3.38. The molecule has 28 heavy (non-hydrogen) atoms. The number of carbonyl (C=O) groups excluding carboxylic acids is 1. The van der Waals surface area contributed by atoms with Crippen molar-refractivity contribution in [1.29, 1.82) is 0 Å². The normalized spacial score (nSPS) is 17.1. The van der Waals surface area contributed by atoms with Gasteiger partial charge in [0.05, 0.1) is 23.9 Å². The van der Waals surface area contributed by atoms with Gasteiger partial charge in [0.25, 0.3) is 0 Å².